The van der Waals surface area contributed by atoms with Crippen LogP contribution in [-0.4, -0.2) is 36.8 Å². The molecule has 0 spiro atoms. The summed E-state index contributed by atoms with van der Waals surface area (Å²) in [5.41, 5.74) is 1.77. The molecule has 0 bridgehead atoms. The number of nitrogens with zero attached hydrogens (tertiary/aromatic N) is 1. The predicted molar refractivity (Wildman–Crippen MR) is 124 cm³/mol. The zero-order valence-corrected chi connectivity index (χ0v) is 18.4. The number of rotatable bonds is 8. The Morgan fingerprint density at radius 3 is 2.36 bits per heavy atom. The number of amides is 2. The highest BCUT2D eigenvalue weighted by Gasteiger charge is 2.17. The van der Waals surface area contributed by atoms with Crippen LogP contribution >= 0.6 is 0 Å². The van der Waals surface area contributed by atoms with E-state index in [-0.39, 0.29) is 17.0 Å². The average molecular weight is 445 g/mol. The number of benzene rings is 2. The highest BCUT2D eigenvalue weighted by atomic mass is 16.5. The fraction of sp³-hybridized carbons (Fsp3) is 0.120. The first-order chi connectivity index (χ1) is 15.9. The molecule has 0 unspecified atom stereocenters. The van der Waals surface area contributed by atoms with Crippen LogP contribution in [0.5, 0.6) is 11.5 Å². The van der Waals surface area contributed by atoms with Crippen molar-refractivity contribution in [2.45, 2.75) is 6.92 Å². The zero-order chi connectivity index (χ0) is 23.8. The topological polar surface area (TPSA) is 107 Å². The van der Waals surface area contributed by atoms with Crippen LogP contribution in [0.4, 0.5) is 5.69 Å². The lowest BCUT2D eigenvalue weighted by Crippen LogP contribution is -2.30. The molecule has 0 radical (unpaired) electrons. The van der Waals surface area contributed by atoms with Crippen molar-refractivity contribution in [2.75, 3.05) is 19.5 Å². The number of methoxy groups -OCH3 is 2. The normalized spacial score (nSPS) is 10.8. The molecular formula is C25H23N3O5. The lowest BCUT2D eigenvalue weighted by atomic mass is 10.1. The number of Topliss-reactive ketones (excluding diaryl/α,β-unsaturated/α-hetero) is 1. The number of carbonyl (C=O) groups is 3. The van der Waals surface area contributed by atoms with Gasteiger partial charge in [-0.3, -0.25) is 19.4 Å². The standard InChI is InChI=1S/C25H23N3O5/c1-16(29)18-7-4-8-20(13-18)27-25(31)21(12-17-6-5-11-26-15-17)28-24(30)19-9-10-22(32-2)23(14-19)33-3/h4-15H,1-3H3,(H,27,31)(H,28,30)/b21-12-. The van der Waals surface area contributed by atoms with E-state index in [1.54, 1.807) is 60.9 Å². The average Bonchev–Trinajstić information content (AvgIpc) is 2.83. The minimum atomic E-state index is -0.562. The molecule has 1 aromatic heterocycles. The summed E-state index contributed by atoms with van der Waals surface area (Å²) < 4.78 is 10.4. The molecule has 2 N–H and O–H groups in total. The van der Waals surface area contributed by atoms with E-state index < -0.39 is 11.8 Å². The quantitative estimate of drug-likeness (QED) is 0.404. The SMILES string of the molecule is COc1ccc(C(=O)N/C(=C\c2cccnc2)C(=O)Nc2cccc(C(C)=O)c2)cc1OC. The molecule has 1 heterocycles. The van der Waals surface area contributed by atoms with E-state index in [1.807, 2.05) is 0 Å². The van der Waals surface area contributed by atoms with Gasteiger partial charge in [0.15, 0.2) is 17.3 Å². The maximum Gasteiger partial charge on any atom is 0.272 e. The highest BCUT2D eigenvalue weighted by Crippen LogP contribution is 2.27. The van der Waals surface area contributed by atoms with Gasteiger partial charge in [-0.25, -0.2) is 0 Å². The van der Waals surface area contributed by atoms with E-state index in [4.69, 9.17) is 9.47 Å². The molecule has 8 nitrogen and oxygen atoms in total. The van der Waals surface area contributed by atoms with Crippen molar-refractivity contribution >= 4 is 29.4 Å². The third-order valence-corrected chi connectivity index (χ3v) is 4.66. The van der Waals surface area contributed by atoms with E-state index >= 15 is 0 Å². The first-order valence-electron chi connectivity index (χ1n) is 9.98. The Balaban J connectivity index is 1.89. The molecule has 2 aromatic carbocycles. The van der Waals surface area contributed by atoms with E-state index in [0.717, 1.165) is 0 Å². The van der Waals surface area contributed by atoms with Gasteiger partial charge in [0, 0.05) is 29.2 Å². The molecular weight excluding hydrogens is 422 g/mol. The van der Waals surface area contributed by atoms with Gasteiger partial charge in [0.05, 0.1) is 14.2 Å². The van der Waals surface area contributed by atoms with Crippen molar-refractivity contribution in [1.82, 2.24) is 10.3 Å². The molecule has 0 aliphatic heterocycles. The minimum absolute atomic E-state index is 0.00369. The molecule has 33 heavy (non-hydrogen) atoms. The molecule has 0 aliphatic carbocycles. The molecule has 0 aliphatic rings. The second-order valence-electron chi connectivity index (χ2n) is 6.96. The predicted octanol–water partition coefficient (Wildman–Crippen LogP) is 3.71. The van der Waals surface area contributed by atoms with Crippen LogP contribution in [0.1, 0.15) is 33.2 Å². The van der Waals surface area contributed by atoms with Crippen LogP contribution in [0, 0.1) is 0 Å². The van der Waals surface area contributed by atoms with Gasteiger partial charge in [-0.2, -0.15) is 0 Å². The second kappa shape index (κ2) is 10.7. The Morgan fingerprint density at radius 1 is 0.909 bits per heavy atom. The summed E-state index contributed by atoms with van der Waals surface area (Å²) >= 11 is 0. The number of carbonyl (C=O) groups excluding carboxylic acids is 3. The molecule has 0 fully saturated rings. The van der Waals surface area contributed by atoms with Crippen LogP contribution in [-0.2, 0) is 4.79 Å². The third kappa shape index (κ3) is 6.04. The van der Waals surface area contributed by atoms with Gasteiger partial charge in [-0.05, 0) is 55.0 Å². The number of aromatic nitrogens is 1. The summed E-state index contributed by atoms with van der Waals surface area (Å²) in [6.07, 6.45) is 4.68. The van der Waals surface area contributed by atoms with Crippen LogP contribution < -0.4 is 20.1 Å². The number of nitrogens with one attached hydrogen (secondary N) is 2. The first-order valence-corrected chi connectivity index (χ1v) is 9.98. The van der Waals surface area contributed by atoms with Gasteiger partial charge in [0.25, 0.3) is 11.8 Å². The number of ether oxygens (including phenoxy) is 2. The fourth-order valence-electron chi connectivity index (χ4n) is 2.97. The largest absolute Gasteiger partial charge is 0.493 e. The molecule has 3 rings (SSSR count). The van der Waals surface area contributed by atoms with Crippen molar-refractivity contribution in [3.63, 3.8) is 0 Å². The molecule has 0 atom stereocenters. The number of hydrogen-bond acceptors (Lipinski definition) is 6. The zero-order valence-electron chi connectivity index (χ0n) is 18.4. The monoisotopic (exact) mass is 445 g/mol. The minimum Gasteiger partial charge on any atom is -0.493 e. The summed E-state index contributed by atoms with van der Waals surface area (Å²) in [5.74, 6) is -0.345. The van der Waals surface area contributed by atoms with Gasteiger partial charge in [-0.1, -0.05) is 18.2 Å². The van der Waals surface area contributed by atoms with Crippen molar-refractivity contribution in [3.05, 3.63) is 89.4 Å². The van der Waals surface area contributed by atoms with Crippen molar-refractivity contribution in [3.8, 4) is 11.5 Å². The van der Waals surface area contributed by atoms with Crippen molar-refractivity contribution in [1.29, 1.82) is 0 Å². The lowest BCUT2D eigenvalue weighted by Gasteiger charge is -2.13. The van der Waals surface area contributed by atoms with Crippen LogP contribution in [0.3, 0.4) is 0 Å². The van der Waals surface area contributed by atoms with Crippen LogP contribution in [0.2, 0.25) is 0 Å². The highest BCUT2D eigenvalue weighted by molar-refractivity contribution is 6.11. The fourth-order valence-corrected chi connectivity index (χ4v) is 2.97. The van der Waals surface area contributed by atoms with Gasteiger partial charge in [0.1, 0.15) is 5.70 Å². The van der Waals surface area contributed by atoms with Crippen LogP contribution in [0.15, 0.2) is 72.7 Å². The second-order valence-corrected chi connectivity index (χ2v) is 6.96. The van der Waals surface area contributed by atoms with Crippen molar-refractivity contribution in [2.24, 2.45) is 0 Å². The Kier molecular flexibility index (Phi) is 7.54. The Hall–Kier alpha value is -4.46. The third-order valence-electron chi connectivity index (χ3n) is 4.66. The van der Waals surface area contributed by atoms with E-state index in [1.165, 1.54) is 33.3 Å². The maximum absolute atomic E-state index is 13.0. The van der Waals surface area contributed by atoms with Gasteiger partial charge in [-0.15, -0.1) is 0 Å². The van der Waals surface area contributed by atoms with E-state index in [0.29, 0.717) is 28.3 Å². The maximum atomic E-state index is 13.0. The molecule has 3 aromatic rings. The summed E-state index contributed by atoms with van der Waals surface area (Å²) in [4.78, 5) is 41.7. The Bertz CT molecular complexity index is 1210. The number of pyridine rings is 1. The van der Waals surface area contributed by atoms with Gasteiger partial charge >= 0.3 is 0 Å². The van der Waals surface area contributed by atoms with Gasteiger partial charge in [0.2, 0.25) is 0 Å². The first kappa shape index (κ1) is 23.2. The van der Waals surface area contributed by atoms with E-state index in [2.05, 4.69) is 15.6 Å². The Labute approximate surface area is 191 Å². The summed E-state index contributed by atoms with van der Waals surface area (Å²) in [6.45, 7) is 1.44. The number of anilines is 1. The molecule has 0 saturated carbocycles. The number of ketones is 1. The molecule has 2 amide bonds. The Morgan fingerprint density at radius 2 is 1.70 bits per heavy atom. The summed E-state index contributed by atoms with van der Waals surface area (Å²) in [6, 6.07) is 14.7. The smallest absolute Gasteiger partial charge is 0.272 e. The van der Waals surface area contributed by atoms with Crippen LogP contribution in [0.25, 0.3) is 6.08 Å². The van der Waals surface area contributed by atoms with E-state index in [9.17, 15) is 14.4 Å². The molecule has 8 heteroatoms. The van der Waals surface area contributed by atoms with Crippen molar-refractivity contribution < 1.29 is 23.9 Å². The van der Waals surface area contributed by atoms with Gasteiger partial charge < -0.3 is 20.1 Å². The molecule has 0 saturated heterocycles. The summed E-state index contributed by atoms with van der Waals surface area (Å²) in [7, 11) is 2.97. The lowest BCUT2D eigenvalue weighted by molar-refractivity contribution is -0.113. The number of hydrogen-bond donors (Lipinski definition) is 2. The summed E-state index contributed by atoms with van der Waals surface area (Å²) in [5, 5.41) is 5.36. The molecule has 168 valence electrons.